The van der Waals surface area contributed by atoms with Crippen LogP contribution in [0.15, 0.2) is 23.2 Å². The maximum atomic E-state index is 13.9. The van der Waals surface area contributed by atoms with E-state index in [0.717, 1.165) is 25.1 Å². The van der Waals surface area contributed by atoms with Crippen LogP contribution >= 0.6 is 0 Å². The molecule has 0 atom stereocenters. The van der Waals surface area contributed by atoms with E-state index >= 15 is 0 Å². The van der Waals surface area contributed by atoms with Crippen molar-refractivity contribution < 1.29 is 8.78 Å². The van der Waals surface area contributed by atoms with Gasteiger partial charge >= 0.3 is 0 Å². The van der Waals surface area contributed by atoms with E-state index in [1.54, 1.807) is 7.05 Å². The van der Waals surface area contributed by atoms with Crippen LogP contribution in [0.1, 0.15) is 20.8 Å². The molecular formula is C18H29F2N5. The fourth-order valence-corrected chi connectivity index (χ4v) is 2.83. The lowest BCUT2D eigenvalue weighted by atomic mass is 10.1. The number of anilines is 1. The van der Waals surface area contributed by atoms with E-state index in [2.05, 4.69) is 41.3 Å². The van der Waals surface area contributed by atoms with Crippen molar-refractivity contribution in [1.29, 1.82) is 0 Å². The fourth-order valence-electron chi connectivity index (χ4n) is 2.83. The molecule has 7 heteroatoms. The molecule has 1 aromatic rings. The Labute approximate surface area is 149 Å². The quantitative estimate of drug-likeness (QED) is 0.494. The maximum Gasteiger partial charge on any atom is 0.193 e. The van der Waals surface area contributed by atoms with Gasteiger partial charge in [-0.25, -0.2) is 8.78 Å². The third kappa shape index (κ3) is 5.85. The SMILES string of the molecule is CN=C(NCCNC(C)(C)C)N1CCN(c2cc(F)ccc2F)CC1. The van der Waals surface area contributed by atoms with E-state index < -0.39 is 5.82 Å². The minimum Gasteiger partial charge on any atom is -0.366 e. The molecule has 0 aliphatic carbocycles. The van der Waals surface area contributed by atoms with Gasteiger partial charge in [0.15, 0.2) is 5.96 Å². The van der Waals surface area contributed by atoms with Gasteiger partial charge in [0.05, 0.1) is 5.69 Å². The summed E-state index contributed by atoms with van der Waals surface area (Å²) in [6, 6.07) is 3.59. The summed E-state index contributed by atoms with van der Waals surface area (Å²) in [7, 11) is 1.76. The Hall–Kier alpha value is -1.89. The average Bonchev–Trinajstić information content (AvgIpc) is 2.56. The van der Waals surface area contributed by atoms with Crippen molar-refractivity contribution in [3.8, 4) is 0 Å². The van der Waals surface area contributed by atoms with Crippen LogP contribution in [0.4, 0.5) is 14.5 Å². The van der Waals surface area contributed by atoms with Gasteiger partial charge in [-0.3, -0.25) is 4.99 Å². The minimum absolute atomic E-state index is 0.0891. The molecule has 0 bridgehead atoms. The minimum atomic E-state index is -0.414. The van der Waals surface area contributed by atoms with Crippen molar-refractivity contribution in [2.24, 2.45) is 4.99 Å². The number of hydrogen-bond donors (Lipinski definition) is 2. The molecule has 2 N–H and O–H groups in total. The highest BCUT2D eigenvalue weighted by molar-refractivity contribution is 5.80. The third-order valence-electron chi connectivity index (χ3n) is 4.10. The highest BCUT2D eigenvalue weighted by Gasteiger charge is 2.22. The summed E-state index contributed by atoms with van der Waals surface area (Å²) in [5, 5.41) is 6.77. The second kappa shape index (κ2) is 8.47. The lowest BCUT2D eigenvalue weighted by Gasteiger charge is -2.37. The average molecular weight is 353 g/mol. The molecule has 0 saturated carbocycles. The summed E-state index contributed by atoms with van der Waals surface area (Å²) in [6.45, 7) is 10.7. The number of halogens is 2. The Bertz CT molecular complexity index is 590. The summed E-state index contributed by atoms with van der Waals surface area (Å²) >= 11 is 0. The summed E-state index contributed by atoms with van der Waals surface area (Å²) < 4.78 is 27.3. The largest absolute Gasteiger partial charge is 0.366 e. The van der Waals surface area contributed by atoms with Crippen molar-refractivity contribution in [3.05, 3.63) is 29.8 Å². The molecule has 1 saturated heterocycles. The van der Waals surface area contributed by atoms with Crippen LogP contribution < -0.4 is 15.5 Å². The predicted octanol–water partition coefficient (Wildman–Crippen LogP) is 2.05. The zero-order chi connectivity index (χ0) is 18.4. The van der Waals surface area contributed by atoms with Crippen molar-refractivity contribution in [2.75, 3.05) is 51.2 Å². The summed E-state index contributed by atoms with van der Waals surface area (Å²) in [5.41, 5.74) is 0.420. The van der Waals surface area contributed by atoms with Crippen LogP contribution in [0.25, 0.3) is 0 Å². The van der Waals surface area contributed by atoms with E-state index in [1.165, 1.54) is 12.1 Å². The first-order chi connectivity index (χ1) is 11.8. The Morgan fingerprint density at radius 1 is 1.12 bits per heavy atom. The lowest BCUT2D eigenvalue weighted by Crippen LogP contribution is -2.53. The number of nitrogens with one attached hydrogen (secondary N) is 2. The molecule has 0 unspecified atom stereocenters. The molecule has 25 heavy (non-hydrogen) atoms. The highest BCUT2D eigenvalue weighted by atomic mass is 19.1. The number of benzene rings is 1. The van der Waals surface area contributed by atoms with Crippen LogP contribution in [-0.4, -0.2) is 62.7 Å². The van der Waals surface area contributed by atoms with Gasteiger partial charge < -0.3 is 20.4 Å². The number of piperazine rings is 1. The maximum absolute atomic E-state index is 13.9. The predicted molar refractivity (Wildman–Crippen MR) is 99.3 cm³/mol. The zero-order valence-corrected chi connectivity index (χ0v) is 15.6. The van der Waals surface area contributed by atoms with E-state index in [4.69, 9.17) is 0 Å². The molecule has 5 nitrogen and oxygen atoms in total. The van der Waals surface area contributed by atoms with E-state index in [1.807, 2.05) is 4.90 Å². The van der Waals surface area contributed by atoms with E-state index in [0.29, 0.717) is 31.9 Å². The molecule has 0 radical (unpaired) electrons. The van der Waals surface area contributed by atoms with Gasteiger partial charge in [-0.2, -0.15) is 0 Å². The molecule has 140 valence electrons. The molecule has 2 rings (SSSR count). The highest BCUT2D eigenvalue weighted by Crippen LogP contribution is 2.21. The summed E-state index contributed by atoms with van der Waals surface area (Å²) in [4.78, 5) is 8.35. The zero-order valence-electron chi connectivity index (χ0n) is 15.6. The Morgan fingerprint density at radius 3 is 2.40 bits per heavy atom. The van der Waals surface area contributed by atoms with Gasteiger partial charge in [0.25, 0.3) is 0 Å². The van der Waals surface area contributed by atoms with Gasteiger partial charge in [0.1, 0.15) is 11.6 Å². The van der Waals surface area contributed by atoms with Gasteiger partial charge in [-0.05, 0) is 32.9 Å². The lowest BCUT2D eigenvalue weighted by molar-refractivity contribution is 0.367. The molecular weight excluding hydrogens is 324 g/mol. The van der Waals surface area contributed by atoms with Gasteiger partial charge in [0, 0.05) is 57.9 Å². The van der Waals surface area contributed by atoms with Crippen molar-refractivity contribution in [3.63, 3.8) is 0 Å². The number of nitrogens with zero attached hydrogens (tertiary/aromatic N) is 3. The van der Waals surface area contributed by atoms with Crippen LogP contribution in [0, 0.1) is 11.6 Å². The van der Waals surface area contributed by atoms with Gasteiger partial charge in [-0.1, -0.05) is 0 Å². The molecule has 1 aromatic carbocycles. The number of hydrogen-bond acceptors (Lipinski definition) is 3. The van der Waals surface area contributed by atoms with Crippen molar-refractivity contribution >= 4 is 11.6 Å². The standard InChI is InChI=1S/C18H29F2N5/c1-18(2,3)23-8-7-22-17(21-4)25-11-9-24(10-12-25)16-13-14(19)5-6-15(16)20/h5-6,13,23H,7-12H2,1-4H3,(H,21,22). The van der Waals surface area contributed by atoms with Crippen LogP contribution in [-0.2, 0) is 0 Å². The van der Waals surface area contributed by atoms with Gasteiger partial charge in [-0.15, -0.1) is 0 Å². The van der Waals surface area contributed by atoms with Crippen LogP contribution in [0.5, 0.6) is 0 Å². The third-order valence-corrected chi connectivity index (χ3v) is 4.10. The van der Waals surface area contributed by atoms with Crippen molar-refractivity contribution in [1.82, 2.24) is 15.5 Å². The Morgan fingerprint density at radius 2 is 1.80 bits per heavy atom. The molecule has 0 aromatic heterocycles. The molecule has 1 fully saturated rings. The van der Waals surface area contributed by atoms with Crippen LogP contribution in [0.2, 0.25) is 0 Å². The summed E-state index contributed by atoms with van der Waals surface area (Å²) in [5.74, 6) is 0.0448. The smallest absolute Gasteiger partial charge is 0.193 e. The van der Waals surface area contributed by atoms with E-state index in [9.17, 15) is 8.78 Å². The van der Waals surface area contributed by atoms with Gasteiger partial charge in [0.2, 0.25) is 0 Å². The van der Waals surface area contributed by atoms with E-state index in [-0.39, 0.29) is 11.4 Å². The van der Waals surface area contributed by atoms with Crippen LogP contribution in [0.3, 0.4) is 0 Å². The first kappa shape index (κ1) is 19.4. The normalized spacial score (nSPS) is 16.3. The monoisotopic (exact) mass is 353 g/mol. The molecule has 1 aliphatic heterocycles. The number of aliphatic imine (C=N–C) groups is 1. The number of guanidine groups is 1. The second-order valence-corrected chi connectivity index (χ2v) is 7.22. The molecule has 0 spiro atoms. The Balaban J connectivity index is 1.84. The molecule has 0 amide bonds. The first-order valence-corrected chi connectivity index (χ1v) is 8.71. The van der Waals surface area contributed by atoms with Crippen molar-refractivity contribution in [2.45, 2.75) is 26.3 Å². The number of rotatable bonds is 4. The fraction of sp³-hybridized carbons (Fsp3) is 0.611. The molecule has 1 aliphatic rings. The Kier molecular flexibility index (Phi) is 6.58. The summed E-state index contributed by atoms with van der Waals surface area (Å²) in [6.07, 6.45) is 0. The molecule has 1 heterocycles. The first-order valence-electron chi connectivity index (χ1n) is 8.71. The second-order valence-electron chi connectivity index (χ2n) is 7.22. The topological polar surface area (TPSA) is 42.9 Å².